The van der Waals surface area contributed by atoms with Crippen molar-refractivity contribution >= 4 is 44.8 Å². The van der Waals surface area contributed by atoms with E-state index < -0.39 is 27.9 Å². The highest BCUT2D eigenvalue weighted by atomic mass is 35.5. The molecule has 1 unspecified atom stereocenters. The summed E-state index contributed by atoms with van der Waals surface area (Å²) in [5, 5.41) is 2.59. The second kappa shape index (κ2) is 6.74. The summed E-state index contributed by atoms with van der Waals surface area (Å²) in [5.41, 5.74) is 10.8. The fourth-order valence-electron chi connectivity index (χ4n) is 1.43. The molecule has 0 radical (unpaired) electrons. The van der Waals surface area contributed by atoms with Gasteiger partial charge in [0.15, 0.2) is 0 Å². The molecule has 116 valence electrons. The molecule has 1 aromatic carbocycles. The second-order valence-electron chi connectivity index (χ2n) is 4.34. The van der Waals surface area contributed by atoms with E-state index in [1.165, 1.54) is 18.2 Å². The van der Waals surface area contributed by atoms with Crippen molar-refractivity contribution in [3.63, 3.8) is 0 Å². The lowest BCUT2D eigenvalue weighted by atomic mass is 10.2. The third kappa shape index (κ3) is 5.98. The van der Waals surface area contributed by atoms with E-state index in [9.17, 15) is 18.0 Å². The van der Waals surface area contributed by atoms with Gasteiger partial charge in [-0.05, 0) is 18.2 Å². The van der Waals surface area contributed by atoms with Gasteiger partial charge in [0, 0.05) is 0 Å². The van der Waals surface area contributed by atoms with Gasteiger partial charge in [-0.2, -0.15) is 0 Å². The van der Waals surface area contributed by atoms with E-state index in [2.05, 4.69) is 10.0 Å². The van der Waals surface area contributed by atoms with E-state index in [1.54, 1.807) is 0 Å². The standard InChI is InChI=1S/C11H15ClN4O4S/c1-21(19,20)16-6-2-3-7(12)9(4-6)15-11(18)8(13)5-10(14)17/h2-4,8,16H,5,13H2,1H3,(H2,14,17)(H,15,18). The van der Waals surface area contributed by atoms with E-state index in [0.29, 0.717) is 0 Å². The van der Waals surface area contributed by atoms with Crippen molar-refractivity contribution in [2.24, 2.45) is 11.5 Å². The van der Waals surface area contributed by atoms with Crippen LogP contribution in [0.5, 0.6) is 0 Å². The fraction of sp³-hybridized carbons (Fsp3) is 0.273. The summed E-state index contributed by atoms with van der Waals surface area (Å²) in [6, 6.07) is 3.05. The second-order valence-corrected chi connectivity index (χ2v) is 6.49. The molecule has 0 saturated carbocycles. The van der Waals surface area contributed by atoms with Crippen LogP contribution in [0.1, 0.15) is 6.42 Å². The van der Waals surface area contributed by atoms with Crippen LogP contribution in [0.4, 0.5) is 11.4 Å². The molecule has 1 atom stereocenters. The van der Waals surface area contributed by atoms with Gasteiger partial charge in [-0.3, -0.25) is 14.3 Å². The number of benzene rings is 1. The van der Waals surface area contributed by atoms with Gasteiger partial charge in [0.05, 0.1) is 35.1 Å². The Labute approximate surface area is 126 Å². The van der Waals surface area contributed by atoms with Crippen molar-refractivity contribution in [3.05, 3.63) is 23.2 Å². The Kier molecular flexibility index (Phi) is 5.53. The third-order valence-electron chi connectivity index (χ3n) is 2.29. The van der Waals surface area contributed by atoms with Crippen molar-refractivity contribution in [1.82, 2.24) is 0 Å². The van der Waals surface area contributed by atoms with E-state index in [0.717, 1.165) is 6.26 Å². The van der Waals surface area contributed by atoms with Gasteiger partial charge < -0.3 is 16.8 Å². The number of carbonyl (C=O) groups is 2. The van der Waals surface area contributed by atoms with Gasteiger partial charge in [0.1, 0.15) is 0 Å². The molecule has 8 nitrogen and oxygen atoms in total. The summed E-state index contributed by atoms with van der Waals surface area (Å²) in [7, 11) is -3.46. The summed E-state index contributed by atoms with van der Waals surface area (Å²) in [5.74, 6) is -1.37. The van der Waals surface area contributed by atoms with Gasteiger partial charge in [-0.25, -0.2) is 8.42 Å². The number of nitrogens with two attached hydrogens (primary N) is 2. The minimum absolute atomic E-state index is 0.162. The topological polar surface area (TPSA) is 144 Å². The molecule has 0 aliphatic carbocycles. The van der Waals surface area contributed by atoms with Crippen LogP contribution in [0.3, 0.4) is 0 Å². The predicted molar refractivity (Wildman–Crippen MR) is 80.3 cm³/mol. The molecule has 2 amide bonds. The van der Waals surface area contributed by atoms with E-state index in [1.807, 2.05) is 0 Å². The Morgan fingerprint density at radius 2 is 2.00 bits per heavy atom. The maximum Gasteiger partial charge on any atom is 0.241 e. The summed E-state index contributed by atoms with van der Waals surface area (Å²) >= 11 is 5.90. The van der Waals surface area contributed by atoms with Crippen molar-refractivity contribution in [3.8, 4) is 0 Å². The van der Waals surface area contributed by atoms with Crippen molar-refractivity contribution in [2.45, 2.75) is 12.5 Å². The molecule has 0 aliphatic heterocycles. The first-order valence-electron chi connectivity index (χ1n) is 5.70. The van der Waals surface area contributed by atoms with Crippen LogP contribution < -0.4 is 21.5 Å². The monoisotopic (exact) mass is 334 g/mol. The quantitative estimate of drug-likeness (QED) is 0.572. The van der Waals surface area contributed by atoms with Crippen LogP contribution in [-0.4, -0.2) is 32.5 Å². The number of hydrogen-bond donors (Lipinski definition) is 4. The number of carbonyl (C=O) groups excluding carboxylic acids is 2. The van der Waals surface area contributed by atoms with Gasteiger partial charge in [0.25, 0.3) is 0 Å². The van der Waals surface area contributed by atoms with Gasteiger partial charge in [-0.1, -0.05) is 11.6 Å². The molecule has 10 heteroatoms. The first-order chi connectivity index (χ1) is 9.58. The summed E-state index contributed by atoms with van der Waals surface area (Å²) in [4.78, 5) is 22.5. The number of sulfonamides is 1. The lowest BCUT2D eigenvalue weighted by Crippen LogP contribution is -2.39. The Balaban J connectivity index is 2.90. The fourth-order valence-corrected chi connectivity index (χ4v) is 2.15. The average Bonchev–Trinajstić information content (AvgIpc) is 2.30. The maximum atomic E-state index is 11.8. The lowest BCUT2D eigenvalue weighted by molar-refractivity contribution is -0.123. The highest BCUT2D eigenvalue weighted by Gasteiger charge is 2.17. The van der Waals surface area contributed by atoms with E-state index in [-0.39, 0.29) is 22.8 Å². The number of primary amides is 1. The number of halogens is 1. The highest BCUT2D eigenvalue weighted by Crippen LogP contribution is 2.26. The van der Waals surface area contributed by atoms with Crippen molar-refractivity contribution in [2.75, 3.05) is 16.3 Å². The Morgan fingerprint density at radius 1 is 1.38 bits per heavy atom. The molecule has 0 bridgehead atoms. The van der Waals surface area contributed by atoms with Gasteiger partial charge in [-0.15, -0.1) is 0 Å². The summed E-state index contributed by atoms with van der Waals surface area (Å²) in [6.45, 7) is 0. The molecule has 6 N–H and O–H groups in total. The molecular weight excluding hydrogens is 320 g/mol. The summed E-state index contributed by atoms with van der Waals surface area (Å²) in [6.07, 6.45) is 0.674. The average molecular weight is 335 g/mol. The normalized spacial score (nSPS) is 12.5. The highest BCUT2D eigenvalue weighted by molar-refractivity contribution is 7.92. The van der Waals surface area contributed by atoms with E-state index >= 15 is 0 Å². The zero-order valence-electron chi connectivity index (χ0n) is 11.1. The van der Waals surface area contributed by atoms with Crippen LogP contribution in [-0.2, 0) is 19.6 Å². The van der Waals surface area contributed by atoms with Gasteiger partial charge >= 0.3 is 0 Å². The predicted octanol–water partition coefficient (Wildman–Crippen LogP) is -0.147. The number of nitrogens with one attached hydrogen (secondary N) is 2. The van der Waals surface area contributed by atoms with Crippen LogP contribution in [0.2, 0.25) is 5.02 Å². The lowest BCUT2D eigenvalue weighted by Gasteiger charge is -2.13. The number of amides is 2. The van der Waals surface area contributed by atoms with Gasteiger partial charge in [0.2, 0.25) is 21.8 Å². The molecule has 1 rings (SSSR count). The molecule has 0 heterocycles. The first-order valence-corrected chi connectivity index (χ1v) is 7.97. The number of hydrogen-bond acceptors (Lipinski definition) is 5. The largest absolute Gasteiger partial charge is 0.370 e. The smallest absolute Gasteiger partial charge is 0.241 e. The van der Waals surface area contributed by atoms with Crippen LogP contribution in [0.15, 0.2) is 18.2 Å². The SMILES string of the molecule is CS(=O)(=O)Nc1ccc(Cl)c(NC(=O)C(N)CC(N)=O)c1. The molecule has 0 aliphatic rings. The Bertz CT molecular complexity index is 662. The molecule has 0 spiro atoms. The zero-order valence-corrected chi connectivity index (χ0v) is 12.7. The van der Waals surface area contributed by atoms with Crippen molar-refractivity contribution in [1.29, 1.82) is 0 Å². The molecule has 0 aromatic heterocycles. The van der Waals surface area contributed by atoms with E-state index in [4.69, 9.17) is 23.1 Å². The Morgan fingerprint density at radius 3 is 2.52 bits per heavy atom. The number of anilines is 2. The molecule has 0 saturated heterocycles. The Hall–Kier alpha value is -1.84. The number of rotatable bonds is 6. The maximum absolute atomic E-state index is 11.8. The van der Waals surface area contributed by atoms with Crippen LogP contribution in [0.25, 0.3) is 0 Å². The van der Waals surface area contributed by atoms with Crippen LogP contribution in [0, 0.1) is 0 Å². The molecule has 0 fully saturated rings. The molecule has 1 aromatic rings. The molecule has 21 heavy (non-hydrogen) atoms. The molecular formula is C11H15ClN4O4S. The zero-order chi connectivity index (χ0) is 16.2. The third-order valence-corrected chi connectivity index (χ3v) is 3.22. The van der Waals surface area contributed by atoms with Crippen LogP contribution >= 0.6 is 11.6 Å². The summed E-state index contributed by atoms with van der Waals surface area (Å²) < 4.78 is 24.5. The minimum atomic E-state index is -3.46. The first kappa shape index (κ1) is 17.2. The minimum Gasteiger partial charge on any atom is -0.370 e. The van der Waals surface area contributed by atoms with Crippen molar-refractivity contribution < 1.29 is 18.0 Å².